The second-order valence-electron chi connectivity index (χ2n) is 10.3. The van der Waals surface area contributed by atoms with Gasteiger partial charge in [0.1, 0.15) is 30.3 Å². The van der Waals surface area contributed by atoms with Gasteiger partial charge in [-0.1, -0.05) is 44.2 Å². The highest BCUT2D eigenvalue weighted by atomic mass is 16.5. The molecule has 1 heterocycles. The molecule has 3 aromatic rings. The quantitative estimate of drug-likeness (QED) is 0.196. The van der Waals surface area contributed by atoms with Crippen LogP contribution in [0.15, 0.2) is 63.8 Å². The summed E-state index contributed by atoms with van der Waals surface area (Å²) < 4.78 is 10.4. The first-order valence-electron chi connectivity index (χ1n) is 13.6. The van der Waals surface area contributed by atoms with E-state index < -0.39 is 59.9 Å². The van der Waals surface area contributed by atoms with Crippen LogP contribution in [0.3, 0.4) is 0 Å². The molecule has 0 saturated carbocycles. The number of carbonyl (C=O) groups excluding carboxylic acids is 5. The van der Waals surface area contributed by atoms with E-state index in [9.17, 15) is 28.8 Å². The van der Waals surface area contributed by atoms with E-state index in [1.165, 1.54) is 19.1 Å². The molecule has 5 amide bonds. The minimum Gasteiger partial charge on any atom is -0.445 e. The molecule has 0 fully saturated rings. The predicted octanol–water partition coefficient (Wildman–Crippen LogP) is 1.86. The lowest BCUT2D eigenvalue weighted by atomic mass is 10.0. The van der Waals surface area contributed by atoms with Crippen molar-refractivity contribution in [3.8, 4) is 0 Å². The molecule has 0 unspecified atom stereocenters. The number of benzene rings is 2. The van der Waals surface area contributed by atoms with Gasteiger partial charge in [-0.15, -0.1) is 0 Å². The smallest absolute Gasteiger partial charge is 0.408 e. The van der Waals surface area contributed by atoms with Gasteiger partial charge in [0.2, 0.25) is 23.6 Å². The number of amides is 5. The number of carbonyl (C=O) groups is 5. The van der Waals surface area contributed by atoms with Gasteiger partial charge in [-0.3, -0.25) is 19.2 Å². The standard InChI is InChI=1S/C30H35N5O8/c1-16(2)26(35-30(41)42-15-19-8-6-5-7-9-19)29(40)32-18(4)27(38)34-22(14-24(31)36)28(39)33-20-10-11-21-17(3)12-25(37)43-23(21)13-20/h5-13,16,18,22,26H,14-15H2,1-4H3,(H2,31,36)(H,32,40)(H,33,39)(H,34,38)(H,35,41)/t18-,22-,26-/m0/s1. The van der Waals surface area contributed by atoms with Crippen molar-refractivity contribution in [2.75, 3.05) is 5.32 Å². The number of alkyl carbamates (subject to hydrolysis) is 1. The third kappa shape index (κ3) is 9.42. The van der Waals surface area contributed by atoms with E-state index in [4.69, 9.17) is 14.9 Å². The van der Waals surface area contributed by atoms with Gasteiger partial charge in [-0.25, -0.2) is 9.59 Å². The van der Waals surface area contributed by atoms with E-state index in [1.807, 2.05) is 6.07 Å². The van der Waals surface area contributed by atoms with Crippen molar-refractivity contribution in [1.82, 2.24) is 16.0 Å². The molecule has 228 valence electrons. The van der Waals surface area contributed by atoms with Crippen LogP contribution in [0, 0.1) is 12.8 Å². The molecule has 43 heavy (non-hydrogen) atoms. The molecule has 1 aromatic heterocycles. The van der Waals surface area contributed by atoms with Crippen LogP contribution < -0.4 is 32.6 Å². The Morgan fingerprint density at radius 2 is 1.58 bits per heavy atom. The Balaban J connectivity index is 1.62. The van der Waals surface area contributed by atoms with Gasteiger partial charge in [0.25, 0.3) is 0 Å². The molecule has 0 radical (unpaired) electrons. The molecule has 3 atom stereocenters. The van der Waals surface area contributed by atoms with Gasteiger partial charge >= 0.3 is 11.7 Å². The molecule has 0 aliphatic carbocycles. The third-order valence-electron chi connectivity index (χ3n) is 6.44. The summed E-state index contributed by atoms with van der Waals surface area (Å²) in [5, 5.41) is 10.7. The van der Waals surface area contributed by atoms with Gasteiger partial charge in [0.15, 0.2) is 0 Å². The minimum atomic E-state index is -1.38. The van der Waals surface area contributed by atoms with Crippen molar-refractivity contribution in [2.45, 2.75) is 58.8 Å². The number of fused-ring (bicyclic) bond motifs is 1. The number of nitrogens with two attached hydrogens (primary N) is 1. The highest BCUT2D eigenvalue weighted by Crippen LogP contribution is 2.21. The predicted molar refractivity (Wildman–Crippen MR) is 158 cm³/mol. The molecule has 13 heteroatoms. The molecular weight excluding hydrogens is 558 g/mol. The molecule has 0 aliphatic rings. The van der Waals surface area contributed by atoms with Crippen LogP contribution in [-0.4, -0.2) is 47.8 Å². The van der Waals surface area contributed by atoms with Gasteiger partial charge in [0.05, 0.1) is 6.42 Å². The summed E-state index contributed by atoms with van der Waals surface area (Å²) in [4.78, 5) is 74.6. The number of aryl methyl sites for hydroxylation is 1. The normalized spacial score (nSPS) is 13.0. The molecular formula is C30H35N5O8. The average molecular weight is 594 g/mol. The number of hydrogen-bond acceptors (Lipinski definition) is 8. The maximum Gasteiger partial charge on any atom is 0.408 e. The highest BCUT2D eigenvalue weighted by Gasteiger charge is 2.30. The second kappa shape index (κ2) is 14.6. The van der Waals surface area contributed by atoms with Gasteiger partial charge in [0, 0.05) is 23.2 Å². The first kappa shape index (κ1) is 32.3. The van der Waals surface area contributed by atoms with Crippen LogP contribution in [0.1, 0.15) is 38.3 Å². The molecule has 0 saturated heterocycles. The maximum absolute atomic E-state index is 13.0. The SMILES string of the molecule is Cc1cc(=O)oc2cc(NC(=O)[C@H](CC(N)=O)NC(=O)[C@H](C)NC(=O)[C@@H](NC(=O)OCc3ccccc3)C(C)C)ccc12. The van der Waals surface area contributed by atoms with Crippen LogP contribution >= 0.6 is 0 Å². The van der Waals surface area contributed by atoms with E-state index in [0.717, 1.165) is 5.56 Å². The monoisotopic (exact) mass is 593 g/mol. The van der Waals surface area contributed by atoms with Crippen molar-refractivity contribution in [1.29, 1.82) is 0 Å². The number of primary amides is 1. The lowest BCUT2D eigenvalue weighted by Gasteiger charge is -2.24. The molecule has 2 aromatic carbocycles. The van der Waals surface area contributed by atoms with E-state index in [-0.39, 0.29) is 23.8 Å². The van der Waals surface area contributed by atoms with Crippen LogP contribution in [-0.2, 0) is 30.5 Å². The first-order valence-corrected chi connectivity index (χ1v) is 13.6. The minimum absolute atomic E-state index is 0.00846. The lowest BCUT2D eigenvalue weighted by Crippen LogP contribution is -2.56. The maximum atomic E-state index is 13.0. The van der Waals surface area contributed by atoms with Crippen LogP contribution in [0.4, 0.5) is 10.5 Å². The molecule has 0 spiro atoms. The fourth-order valence-corrected chi connectivity index (χ4v) is 4.13. The zero-order valence-corrected chi connectivity index (χ0v) is 24.3. The van der Waals surface area contributed by atoms with Crippen molar-refractivity contribution in [2.24, 2.45) is 11.7 Å². The summed E-state index contributed by atoms with van der Waals surface area (Å²) in [7, 11) is 0. The molecule has 0 aliphatic heterocycles. The van der Waals surface area contributed by atoms with E-state index >= 15 is 0 Å². The van der Waals surface area contributed by atoms with Crippen molar-refractivity contribution in [3.63, 3.8) is 0 Å². The van der Waals surface area contributed by atoms with Gasteiger partial charge in [-0.2, -0.15) is 0 Å². The zero-order valence-electron chi connectivity index (χ0n) is 24.3. The summed E-state index contributed by atoms with van der Waals surface area (Å²) in [5.74, 6) is -3.40. The van der Waals surface area contributed by atoms with Crippen molar-refractivity contribution < 1.29 is 33.1 Å². The molecule has 6 N–H and O–H groups in total. The van der Waals surface area contributed by atoms with E-state index in [2.05, 4.69) is 21.3 Å². The van der Waals surface area contributed by atoms with E-state index in [1.54, 1.807) is 57.2 Å². The number of hydrogen-bond donors (Lipinski definition) is 5. The topological polar surface area (TPSA) is 199 Å². The zero-order chi connectivity index (χ0) is 31.7. The third-order valence-corrected chi connectivity index (χ3v) is 6.44. The Bertz CT molecular complexity index is 1550. The van der Waals surface area contributed by atoms with Crippen LogP contribution in [0.2, 0.25) is 0 Å². The fourth-order valence-electron chi connectivity index (χ4n) is 4.13. The summed E-state index contributed by atoms with van der Waals surface area (Å²) >= 11 is 0. The molecule has 13 nitrogen and oxygen atoms in total. The summed E-state index contributed by atoms with van der Waals surface area (Å²) in [5.41, 5.74) is 6.71. The van der Waals surface area contributed by atoms with Gasteiger partial charge in [-0.05, 0) is 43.0 Å². The molecule has 3 rings (SSSR count). The van der Waals surface area contributed by atoms with Crippen LogP contribution in [0.25, 0.3) is 11.0 Å². The number of anilines is 1. The Morgan fingerprint density at radius 3 is 2.23 bits per heavy atom. The Morgan fingerprint density at radius 1 is 0.884 bits per heavy atom. The summed E-state index contributed by atoms with van der Waals surface area (Å²) in [6.07, 6.45) is -1.33. The van der Waals surface area contributed by atoms with Crippen molar-refractivity contribution >= 4 is 46.4 Å². The summed E-state index contributed by atoms with van der Waals surface area (Å²) in [6, 6.07) is 11.5. The fraction of sp³-hybridized carbons (Fsp3) is 0.333. The Labute approximate surface area is 247 Å². The number of rotatable bonds is 12. The van der Waals surface area contributed by atoms with Crippen molar-refractivity contribution in [3.05, 3.63) is 76.1 Å². The number of ether oxygens (including phenoxy) is 1. The molecule has 0 bridgehead atoms. The summed E-state index contributed by atoms with van der Waals surface area (Å²) in [6.45, 7) is 6.55. The Kier molecular flexibility index (Phi) is 11.0. The highest BCUT2D eigenvalue weighted by molar-refractivity contribution is 6.01. The Hall–Kier alpha value is -5.20. The van der Waals surface area contributed by atoms with Crippen LogP contribution in [0.5, 0.6) is 0 Å². The average Bonchev–Trinajstić information content (AvgIpc) is 2.94. The lowest BCUT2D eigenvalue weighted by molar-refractivity contribution is -0.132. The largest absolute Gasteiger partial charge is 0.445 e. The second-order valence-corrected chi connectivity index (χ2v) is 10.3. The first-order chi connectivity index (χ1) is 20.3. The van der Waals surface area contributed by atoms with E-state index in [0.29, 0.717) is 10.9 Å². The number of nitrogens with one attached hydrogen (secondary N) is 4. The van der Waals surface area contributed by atoms with Gasteiger partial charge < -0.3 is 36.2 Å².